The first-order valence-corrected chi connectivity index (χ1v) is 6.19. The molecule has 2 N–H and O–H groups in total. The molecule has 17 heavy (non-hydrogen) atoms. The number of rotatable bonds is 3. The molecule has 1 aliphatic carbocycles. The largest absolute Gasteiger partial charge is 0.309 e. The average Bonchev–Trinajstić information content (AvgIpc) is 2.89. The van der Waals surface area contributed by atoms with Gasteiger partial charge >= 0.3 is 0 Å². The van der Waals surface area contributed by atoms with Crippen molar-refractivity contribution in [2.24, 2.45) is 0 Å². The van der Waals surface area contributed by atoms with E-state index < -0.39 is 0 Å². The van der Waals surface area contributed by atoms with Gasteiger partial charge in [-0.2, -0.15) is 5.10 Å². The summed E-state index contributed by atoms with van der Waals surface area (Å²) in [5, 5.41) is 10.4. The van der Waals surface area contributed by atoms with Gasteiger partial charge in [-0.3, -0.25) is 5.10 Å². The van der Waals surface area contributed by atoms with Crippen molar-refractivity contribution in [2.45, 2.75) is 31.8 Å². The van der Waals surface area contributed by atoms with E-state index in [0.717, 1.165) is 13.0 Å². The van der Waals surface area contributed by atoms with Crippen molar-refractivity contribution < 1.29 is 0 Å². The van der Waals surface area contributed by atoms with Gasteiger partial charge in [0.1, 0.15) is 0 Å². The lowest BCUT2D eigenvalue weighted by molar-refractivity contribution is 0.458. The Balaban J connectivity index is 1.61. The van der Waals surface area contributed by atoms with Gasteiger partial charge in [0, 0.05) is 24.3 Å². The fraction of sp³-hybridized carbons (Fsp3) is 0.357. The number of nitrogens with one attached hydrogen (secondary N) is 2. The third kappa shape index (κ3) is 2.39. The topological polar surface area (TPSA) is 40.7 Å². The molecule has 0 amide bonds. The van der Waals surface area contributed by atoms with Crippen molar-refractivity contribution in [3.63, 3.8) is 0 Å². The van der Waals surface area contributed by atoms with Crippen LogP contribution in [-0.2, 0) is 19.4 Å². The first-order chi connectivity index (χ1) is 8.42. The maximum atomic E-state index is 3.96. The number of nitrogens with zero attached hydrogens (tertiary/aromatic N) is 1. The van der Waals surface area contributed by atoms with Gasteiger partial charge in [0.05, 0.1) is 6.20 Å². The van der Waals surface area contributed by atoms with Crippen LogP contribution >= 0.6 is 0 Å². The first kappa shape index (κ1) is 10.5. The number of hydrogen-bond acceptors (Lipinski definition) is 2. The molecule has 1 aromatic carbocycles. The third-order valence-electron chi connectivity index (χ3n) is 3.50. The van der Waals surface area contributed by atoms with Gasteiger partial charge in [-0.1, -0.05) is 24.3 Å². The van der Waals surface area contributed by atoms with E-state index in [4.69, 9.17) is 0 Å². The molecule has 88 valence electrons. The molecule has 0 fully saturated rings. The summed E-state index contributed by atoms with van der Waals surface area (Å²) in [6.45, 7) is 0.906. The Morgan fingerprint density at radius 3 is 3.00 bits per heavy atom. The van der Waals surface area contributed by atoms with Crippen molar-refractivity contribution in [2.75, 3.05) is 0 Å². The highest BCUT2D eigenvalue weighted by atomic mass is 15.1. The Labute approximate surface area is 101 Å². The molecule has 0 saturated carbocycles. The van der Waals surface area contributed by atoms with Gasteiger partial charge < -0.3 is 5.32 Å². The number of hydrogen-bond donors (Lipinski definition) is 2. The van der Waals surface area contributed by atoms with Crippen LogP contribution in [-0.4, -0.2) is 16.2 Å². The SMILES string of the molecule is c1ccc2c(c1)CCC(NCc1cn[nH]c1)C2. The summed E-state index contributed by atoms with van der Waals surface area (Å²) in [6, 6.07) is 9.37. The third-order valence-corrected chi connectivity index (χ3v) is 3.50. The van der Waals surface area contributed by atoms with Gasteiger partial charge in [-0.15, -0.1) is 0 Å². The fourth-order valence-corrected chi connectivity index (χ4v) is 2.51. The van der Waals surface area contributed by atoms with Crippen LogP contribution in [0.25, 0.3) is 0 Å². The zero-order chi connectivity index (χ0) is 11.5. The molecule has 3 rings (SSSR count). The van der Waals surface area contributed by atoms with Crippen molar-refractivity contribution in [3.8, 4) is 0 Å². The summed E-state index contributed by atoms with van der Waals surface area (Å²) >= 11 is 0. The summed E-state index contributed by atoms with van der Waals surface area (Å²) in [7, 11) is 0. The molecule has 1 unspecified atom stereocenters. The molecule has 0 spiro atoms. The Morgan fingerprint density at radius 2 is 2.18 bits per heavy atom. The highest BCUT2D eigenvalue weighted by Gasteiger charge is 2.17. The minimum Gasteiger partial charge on any atom is -0.309 e. The molecule has 3 heteroatoms. The van der Waals surface area contributed by atoms with Crippen molar-refractivity contribution in [1.29, 1.82) is 0 Å². The standard InChI is InChI=1S/C14H17N3/c1-2-4-13-7-14(6-5-12(13)3-1)15-8-11-9-16-17-10-11/h1-4,9-10,14-15H,5-8H2,(H,16,17). The van der Waals surface area contributed by atoms with Crippen LogP contribution < -0.4 is 5.32 Å². The van der Waals surface area contributed by atoms with E-state index in [0.29, 0.717) is 6.04 Å². The smallest absolute Gasteiger partial charge is 0.0532 e. The summed E-state index contributed by atoms with van der Waals surface area (Å²) in [4.78, 5) is 0. The molecule has 3 nitrogen and oxygen atoms in total. The Kier molecular flexibility index (Phi) is 2.92. The van der Waals surface area contributed by atoms with E-state index in [-0.39, 0.29) is 0 Å². The van der Waals surface area contributed by atoms with Crippen LogP contribution in [0.2, 0.25) is 0 Å². The molecular formula is C14H17N3. The van der Waals surface area contributed by atoms with Gasteiger partial charge in [0.25, 0.3) is 0 Å². The number of H-pyrrole nitrogens is 1. The van der Waals surface area contributed by atoms with E-state index in [1.54, 1.807) is 0 Å². The second-order valence-electron chi connectivity index (χ2n) is 4.70. The van der Waals surface area contributed by atoms with Gasteiger partial charge in [-0.05, 0) is 30.4 Å². The minimum atomic E-state index is 0.597. The average molecular weight is 227 g/mol. The van der Waals surface area contributed by atoms with E-state index >= 15 is 0 Å². The lowest BCUT2D eigenvalue weighted by Crippen LogP contribution is -2.33. The van der Waals surface area contributed by atoms with Crippen LogP contribution in [0.1, 0.15) is 23.1 Å². The van der Waals surface area contributed by atoms with Crippen molar-refractivity contribution in [1.82, 2.24) is 15.5 Å². The van der Waals surface area contributed by atoms with Gasteiger partial charge in [-0.25, -0.2) is 0 Å². The lowest BCUT2D eigenvalue weighted by Gasteiger charge is -2.25. The van der Waals surface area contributed by atoms with E-state index in [9.17, 15) is 0 Å². The number of aromatic nitrogens is 2. The summed E-state index contributed by atoms with van der Waals surface area (Å²) in [5.74, 6) is 0. The predicted octanol–water partition coefficient (Wildman–Crippen LogP) is 2.06. The maximum absolute atomic E-state index is 3.96. The number of aryl methyl sites for hydroxylation is 1. The molecular weight excluding hydrogens is 210 g/mol. The minimum absolute atomic E-state index is 0.597. The van der Waals surface area contributed by atoms with Crippen molar-refractivity contribution in [3.05, 3.63) is 53.3 Å². The highest BCUT2D eigenvalue weighted by molar-refractivity contribution is 5.30. The zero-order valence-electron chi connectivity index (χ0n) is 9.82. The number of benzene rings is 1. The molecule has 1 aromatic heterocycles. The summed E-state index contributed by atoms with van der Waals surface area (Å²) < 4.78 is 0. The normalized spacial score (nSPS) is 18.9. The Bertz CT molecular complexity index is 476. The molecule has 1 atom stereocenters. The highest BCUT2D eigenvalue weighted by Crippen LogP contribution is 2.21. The summed E-state index contributed by atoms with van der Waals surface area (Å²) in [6.07, 6.45) is 7.40. The fourth-order valence-electron chi connectivity index (χ4n) is 2.51. The maximum Gasteiger partial charge on any atom is 0.0532 e. The molecule has 0 aliphatic heterocycles. The van der Waals surface area contributed by atoms with Crippen molar-refractivity contribution >= 4 is 0 Å². The van der Waals surface area contributed by atoms with Crippen LogP contribution in [0.5, 0.6) is 0 Å². The van der Waals surface area contributed by atoms with E-state index in [1.165, 1.54) is 29.5 Å². The van der Waals surface area contributed by atoms with E-state index in [1.807, 2.05) is 12.4 Å². The molecule has 1 heterocycles. The zero-order valence-corrected chi connectivity index (χ0v) is 9.82. The monoisotopic (exact) mass is 227 g/mol. The quantitative estimate of drug-likeness (QED) is 0.842. The molecule has 0 radical (unpaired) electrons. The van der Waals surface area contributed by atoms with Crippen LogP contribution in [0.15, 0.2) is 36.7 Å². The van der Waals surface area contributed by atoms with E-state index in [2.05, 4.69) is 39.8 Å². The molecule has 0 bridgehead atoms. The number of fused-ring (bicyclic) bond motifs is 1. The first-order valence-electron chi connectivity index (χ1n) is 6.19. The number of aromatic amines is 1. The van der Waals surface area contributed by atoms with Crippen LogP contribution in [0.4, 0.5) is 0 Å². The predicted molar refractivity (Wildman–Crippen MR) is 67.7 cm³/mol. The molecule has 1 aliphatic rings. The lowest BCUT2D eigenvalue weighted by atomic mass is 9.88. The molecule has 2 aromatic rings. The van der Waals surface area contributed by atoms with Crippen LogP contribution in [0, 0.1) is 0 Å². The van der Waals surface area contributed by atoms with Gasteiger partial charge in [0.15, 0.2) is 0 Å². The second-order valence-corrected chi connectivity index (χ2v) is 4.70. The second kappa shape index (κ2) is 4.72. The summed E-state index contributed by atoms with van der Waals surface area (Å²) in [5.41, 5.74) is 4.25. The van der Waals surface area contributed by atoms with Crippen LogP contribution in [0.3, 0.4) is 0 Å². The Morgan fingerprint density at radius 1 is 1.29 bits per heavy atom. The Hall–Kier alpha value is -1.61. The molecule has 0 saturated heterocycles. The van der Waals surface area contributed by atoms with Gasteiger partial charge in [0.2, 0.25) is 0 Å².